The predicted octanol–water partition coefficient (Wildman–Crippen LogP) is 3.13. The maximum atomic E-state index is 13.1. The molecule has 0 spiro atoms. The molecule has 3 rings (SSSR count). The minimum Gasteiger partial charge on any atom is -0.356 e. The number of benzene rings is 2. The van der Waals surface area contributed by atoms with Gasteiger partial charge in [-0.1, -0.05) is 60.7 Å². The molecule has 0 aromatic heterocycles. The van der Waals surface area contributed by atoms with E-state index in [1.807, 2.05) is 43.3 Å². The Bertz CT molecular complexity index is 747. The molecule has 2 aromatic rings. The van der Waals surface area contributed by atoms with Crippen LogP contribution in [-0.2, 0) is 9.59 Å². The van der Waals surface area contributed by atoms with E-state index in [1.54, 1.807) is 6.92 Å². The van der Waals surface area contributed by atoms with Crippen LogP contribution < -0.4 is 10.6 Å². The first-order chi connectivity index (χ1) is 14.0. The molecule has 0 bridgehead atoms. The van der Waals surface area contributed by atoms with E-state index in [2.05, 4.69) is 39.8 Å². The van der Waals surface area contributed by atoms with Crippen molar-refractivity contribution < 1.29 is 9.59 Å². The number of rotatable bonds is 7. The fourth-order valence-electron chi connectivity index (χ4n) is 3.91. The summed E-state index contributed by atoms with van der Waals surface area (Å²) in [5, 5.41) is 6.17. The summed E-state index contributed by atoms with van der Waals surface area (Å²) in [4.78, 5) is 26.4. The van der Waals surface area contributed by atoms with Gasteiger partial charge in [0.1, 0.15) is 0 Å². The number of nitrogens with one attached hydrogen (secondary N) is 2. The van der Waals surface area contributed by atoms with Crippen molar-refractivity contribution in [3.05, 3.63) is 71.8 Å². The molecule has 2 aromatic carbocycles. The molecule has 0 radical (unpaired) electrons. The van der Waals surface area contributed by atoms with Crippen molar-refractivity contribution in [1.82, 2.24) is 15.5 Å². The number of amides is 2. The monoisotopic (exact) mass is 393 g/mol. The lowest BCUT2D eigenvalue weighted by Gasteiger charge is -2.36. The van der Waals surface area contributed by atoms with Gasteiger partial charge < -0.3 is 10.6 Å². The maximum absolute atomic E-state index is 13.1. The SMILES string of the molecule is CC(=O)NCC1CCN(C(C)C(=O)NC(c2ccccc2)c2ccccc2)CC1. The Hall–Kier alpha value is -2.66. The first kappa shape index (κ1) is 21.1. The Morgan fingerprint density at radius 2 is 1.48 bits per heavy atom. The summed E-state index contributed by atoms with van der Waals surface area (Å²) in [6, 6.07) is 19.8. The second-order valence-electron chi connectivity index (χ2n) is 7.86. The highest BCUT2D eigenvalue weighted by molar-refractivity contribution is 5.82. The molecular formula is C24H31N3O2. The van der Waals surface area contributed by atoms with E-state index < -0.39 is 0 Å². The van der Waals surface area contributed by atoms with Gasteiger partial charge in [-0.3, -0.25) is 14.5 Å². The van der Waals surface area contributed by atoms with Crippen LogP contribution >= 0.6 is 0 Å². The van der Waals surface area contributed by atoms with E-state index >= 15 is 0 Å². The molecule has 0 aliphatic carbocycles. The summed E-state index contributed by atoms with van der Waals surface area (Å²) in [7, 11) is 0. The molecule has 5 heteroatoms. The number of hydrogen-bond acceptors (Lipinski definition) is 3. The number of hydrogen-bond donors (Lipinski definition) is 2. The van der Waals surface area contributed by atoms with Gasteiger partial charge in [-0.15, -0.1) is 0 Å². The molecule has 1 saturated heterocycles. The zero-order chi connectivity index (χ0) is 20.6. The Labute approximate surface area is 173 Å². The first-order valence-corrected chi connectivity index (χ1v) is 10.4. The standard InChI is InChI=1S/C24H31N3O2/c1-18(27-15-13-20(14-16-27)17-25-19(2)28)24(29)26-23(21-9-5-3-6-10-21)22-11-7-4-8-12-22/h3-12,18,20,23H,13-17H2,1-2H3,(H,25,28)(H,26,29). The highest BCUT2D eigenvalue weighted by atomic mass is 16.2. The maximum Gasteiger partial charge on any atom is 0.237 e. The smallest absolute Gasteiger partial charge is 0.237 e. The number of carbonyl (C=O) groups excluding carboxylic acids is 2. The van der Waals surface area contributed by atoms with E-state index in [9.17, 15) is 9.59 Å². The lowest BCUT2D eigenvalue weighted by molar-refractivity contribution is -0.127. The topological polar surface area (TPSA) is 61.4 Å². The Morgan fingerprint density at radius 1 is 0.966 bits per heavy atom. The van der Waals surface area contributed by atoms with Gasteiger partial charge in [-0.2, -0.15) is 0 Å². The molecule has 0 saturated carbocycles. The minimum absolute atomic E-state index is 0.0213. The van der Waals surface area contributed by atoms with E-state index in [-0.39, 0.29) is 23.9 Å². The van der Waals surface area contributed by atoms with Crippen molar-refractivity contribution in [2.45, 2.75) is 38.8 Å². The van der Waals surface area contributed by atoms with Crippen molar-refractivity contribution in [1.29, 1.82) is 0 Å². The van der Waals surface area contributed by atoms with Crippen LogP contribution in [0.15, 0.2) is 60.7 Å². The largest absolute Gasteiger partial charge is 0.356 e. The van der Waals surface area contributed by atoms with E-state index in [0.717, 1.165) is 43.6 Å². The van der Waals surface area contributed by atoms with E-state index in [4.69, 9.17) is 0 Å². The zero-order valence-electron chi connectivity index (χ0n) is 17.3. The van der Waals surface area contributed by atoms with Crippen LogP contribution in [0.4, 0.5) is 0 Å². The second-order valence-corrected chi connectivity index (χ2v) is 7.86. The van der Waals surface area contributed by atoms with Crippen LogP contribution in [0, 0.1) is 5.92 Å². The average molecular weight is 394 g/mol. The summed E-state index contributed by atoms with van der Waals surface area (Å²) < 4.78 is 0. The van der Waals surface area contributed by atoms with E-state index in [1.165, 1.54) is 0 Å². The minimum atomic E-state index is -0.188. The van der Waals surface area contributed by atoms with Crippen molar-refractivity contribution in [3.8, 4) is 0 Å². The lowest BCUT2D eigenvalue weighted by Crippen LogP contribution is -2.49. The third-order valence-electron chi connectivity index (χ3n) is 5.77. The molecule has 2 N–H and O–H groups in total. The Morgan fingerprint density at radius 3 is 1.97 bits per heavy atom. The molecule has 1 aliphatic rings. The third-order valence-corrected chi connectivity index (χ3v) is 5.77. The molecule has 1 aliphatic heterocycles. The van der Waals surface area contributed by atoms with Gasteiger partial charge >= 0.3 is 0 Å². The summed E-state index contributed by atoms with van der Waals surface area (Å²) in [6.45, 7) is 6.02. The fraction of sp³-hybridized carbons (Fsp3) is 0.417. The van der Waals surface area contributed by atoms with Crippen LogP contribution in [-0.4, -0.2) is 42.4 Å². The first-order valence-electron chi connectivity index (χ1n) is 10.4. The van der Waals surface area contributed by atoms with Gasteiger partial charge in [0.15, 0.2) is 0 Å². The van der Waals surface area contributed by atoms with Gasteiger partial charge in [-0.05, 0) is 49.9 Å². The fourth-order valence-corrected chi connectivity index (χ4v) is 3.91. The molecule has 1 unspecified atom stereocenters. The van der Waals surface area contributed by atoms with Crippen molar-refractivity contribution in [2.75, 3.05) is 19.6 Å². The predicted molar refractivity (Wildman–Crippen MR) is 115 cm³/mol. The number of likely N-dealkylation sites (tertiary alicyclic amines) is 1. The highest BCUT2D eigenvalue weighted by Crippen LogP contribution is 2.23. The quantitative estimate of drug-likeness (QED) is 0.760. The average Bonchev–Trinajstić information content (AvgIpc) is 2.77. The molecule has 1 heterocycles. The zero-order valence-corrected chi connectivity index (χ0v) is 17.3. The molecule has 1 fully saturated rings. The number of nitrogens with zero attached hydrogens (tertiary/aromatic N) is 1. The number of piperidine rings is 1. The van der Waals surface area contributed by atoms with Crippen molar-refractivity contribution in [3.63, 3.8) is 0 Å². The number of carbonyl (C=O) groups is 2. The van der Waals surface area contributed by atoms with Gasteiger partial charge in [-0.25, -0.2) is 0 Å². The van der Waals surface area contributed by atoms with Crippen LogP contribution in [0.1, 0.15) is 43.9 Å². The van der Waals surface area contributed by atoms with Gasteiger partial charge in [0.05, 0.1) is 12.1 Å². The summed E-state index contributed by atoms with van der Waals surface area (Å²) in [5.41, 5.74) is 2.15. The Balaban J connectivity index is 1.62. The Kier molecular flexibility index (Phi) is 7.42. The third kappa shape index (κ3) is 5.91. The molecule has 29 heavy (non-hydrogen) atoms. The molecular weight excluding hydrogens is 362 g/mol. The summed E-state index contributed by atoms with van der Waals surface area (Å²) >= 11 is 0. The van der Waals surface area contributed by atoms with E-state index in [0.29, 0.717) is 5.92 Å². The molecule has 5 nitrogen and oxygen atoms in total. The van der Waals surface area contributed by atoms with Crippen LogP contribution in [0.2, 0.25) is 0 Å². The van der Waals surface area contributed by atoms with Crippen LogP contribution in [0.3, 0.4) is 0 Å². The normalized spacial score (nSPS) is 16.4. The molecule has 1 atom stereocenters. The van der Waals surface area contributed by atoms with Gasteiger partial charge in [0, 0.05) is 13.5 Å². The van der Waals surface area contributed by atoms with Gasteiger partial charge in [0.2, 0.25) is 11.8 Å². The lowest BCUT2D eigenvalue weighted by atomic mass is 9.95. The van der Waals surface area contributed by atoms with Crippen LogP contribution in [0.5, 0.6) is 0 Å². The highest BCUT2D eigenvalue weighted by Gasteiger charge is 2.28. The summed E-state index contributed by atoms with van der Waals surface area (Å²) in [5.74, 6) is 0.558. The molecule has 2 amide bonds. The molecule has 154 valence electrons. The summed E-state index contributed by atoms with van der Waals surface area (Å²) in [6.07, 6.45) is 2.00. The second kappa shape index (κ2) is 10.2. The van der Waals surface area contributed by atoms with Crippen molar-refractivity contribution >= 4 is 11.8 Å². The van der Waals surface area contributed by atoms with Gasteiger partial charge in [0.25, 0.3) is 0 Å². The van der Waals surface area contributed by atoms with Crippen molar-refractivity contribution in [2.24, 2.45) is 5.92 Å². The van der Waals surface area contributed by atoms with Crippen LogP contribution in [0.25, 0.3) is 0 Å².